The quantitative estimate of drug-likeness (QED) is 0.670. The Morgan fingerprint density at radius 1 is 1.35 bits per heavy atom. The van der Waals surface area contributed by atoms with E-state index in [0.717, 1.165) is 4.88 Å². The van der Waals surface area contributed by atoms with Gasteiger partial charge in [0.1, 0.15) is 5.75 Å². The summed E-state index contributed by atoms with van der Waals surface area (Å²) in [6.45, 7) is 1.97. The van der Waals surface area contributed by atoms with Crippen molar-refractivity contribution in [2.45, 2.75) is 6.92 Å². The highest BCUT2D eigenvalue weighted by Crippen LogP contribution is 2.24. The fraction of sp³-hybridized carbons (Fsp3) is 0.154. The van der Waals surface area contributed by atoms with E-state index in [1.165, 1.54) is 0 Å². The first-order valence-corrected chi connectivity index (χ1v) is 6.03. The Balaban J connectivity index is 2.43. The van der Waals surface area contributed by atoms with Crippen LogP contribution in [0, 0.1) is 6.92 Å². The normalized spacial score (nSPS) is 10.2. The van der Waals surface area contributed by atoms with Crippen molar-refractivity contribution in [1.29, 1.82) is 0 Å². The molecule has 0 aliphatic heterocycles. The van der Waals surface area contributed by atoms with E-state index in [9.17, 15) is 4.79 Å². The Bertz CT molecular complexity index is 560. The van der Waals surface area contributed by atoms with E-state index >= 15 is 0 Å². The molecule has 0 fully saturated rings. The molecule has 0 bridgehead atoms. The molecule has 2 aromatic rings. The van der Waals surface area contributed by atoms with Crippen LogP contribution in [0.1, 0.15) is 20.8 Å². The standard InChI is InChI=1S/C13H13NO2S/c1-8-5-9(7-17-8)13(15)11-6-10(16-2)3-4-12(11)14/h3-7H,14H2,1-2H3. The number of hydrogen-bond donors (Lipinski definition) is 1. The fourth-order valence-corrected chi connectivity index (χ4v) is 2.26. The van der Waals surface area contributed by atoms with Gasteiger partial charge >= 0.3 is 0 Å². The number of aryl methyl sites for hydroxylation is 1. The van der Waals surface area contributed by atoms with E-state index in [4.69, 9.17) is 10.5 Å². The largest absolute Gasteiger partial charge is 0.497 e. The van der Waals surface area contributed by atoms with Gasteiger partial charge in [-0.25, -0.2) is 0 Å². The van der Waals surface area contributed by atoms with E-state index < -0.39 is 0 Å². The zero-order valence-corrected chi connectivity index (χ0v) is 10.5. The van der Waals surface area contributed by atoms with Gasteiger partial charge in [0, 0.05) is 27.1 Å². The second-order valence-electron chi connectivity index (χ2n) is 3.73. The van der Waals surface area contributed by atoms with E-state index in [-0.39, 0.29) is 5.78 Å². The number of ketones is 1. The van der Waals surface area contributed by atoms with Gasteiger partial charge in [0.2, 0.25) is 0 Å². The number of anilines is 1. The number of benzene rings is 1. The monoisotopic (exact) mass is 247 g/mol. The summed E-state index contributed by atoms with van der Waals surface area (Å²) in [4.78, 5) is 13.3. The summed E-state index contributed by atoms with van der Waals surface area (Å²) in [5.74, 6) is 0.570. The van der Waals surface area contributed by atoms with Crippen molar-refractivity contribution in [3.63, 3.8) is 0 Å². The number of rotatable bonds is 3. The summed E-state index contributed by atoms with van der Waals surface area (Å²) < 4.78 is 5.10. The minimum absolute atomic E-state index is 0.0641. The zero-order valence-electron chi connectivity index (χ0n) is 9.69. The van der Waals surface area contributed by atoms with Gasteiger partial charge in [0.15, 0.2) is 5.78 Å². The van der Waals surface area contributed by atoms with Gasteiger partial charge in [-0.3, -0.25) is 4.79 Å². The number of ether oxygens (including phenoxy) is 1. The molecule has 0 aliphatic rings. The lowest BCUT2D eigenvalue weighted by atomic mass is 10.0. The predicted octanol–water partition coefficient (Wildman–Crippen LogP) is 2.88. The summed E-state index contributed by atoms with van der Waals surface area (Å²) in [5, 5.41) is 1.84. The second kappa shape index (κ2) is 4.59. The molecule has 0 spiro atoms. The van der Waals surface area contributed by atoms with Crippen LogP contribution < -0.4 is 10.5 Å². The summed E-state index contributed by atoms with van der Waals surface area (Å²) in [6.07, 6.45) is 0. The van der Waals surface area contributed by atoms with E-state index in [1.807, 2.05) is 18.4 Å². The Morgan fingerprint density at radius 3 is 2.71 bits per heavy atom. The topological polar surface area (TPSA) is 52.3 Å². The average Bonchev–Trinajstić information content (AvgIpc) is 2.76. The lowest BCUT2D eigenvalue weighted by Gasteiger charge is -2.06. The Morgan fingerprint density at radius 2 is 2.12 bits per heavy atom. The van der Waals surface area contributed by atoms with Crippen LogP contribution in [0.3, 0.4) is 0 Å². The Kier molecular flexibility index (Phi) is 3.15. The zero-order chi connectivity index (χ0) is 12.4. The maximum absolute atomic E-state index is 12.2. The van der Waals surface area contributed by atoms with Crippen molar-refractivity contribution in [3.05, 3.63) is 45.6 Å². The molecule has 0 unspecified atom stereocenters. The maximum Gasteiger partial charge on any atom is 0.196 e. The molecule has 88 valence electrons. The smallest absolute Gasteiger partial charge is 0.196 e. The number of carbonyl (C=O) groups is 1. The van der Waals surface area contributed by atoms with Gasteiger partial charge in [-0.15, -0.1) is 11.3 Å². The molecule has 3 nitrogen and oxygen atoms in total. The van der Waals surface area contributed by atoms with Crippen LogP contribution in [0.25, 0.3) is 0 Å². The molecule has 1 aromatic carbocycles. The number of thiophene rings is 1. The van der Waals surface area contributed by atoms with Crippen molar-refractivity contribution in [1.82, 2.24) is 0 Å². The number of hydrogen-bond acceptors (Lipinski definition) is 4. The third kappa shape index (κ3) is 2.31. The molecule has 0 radical (unpaired) electrons. The van der Waals surface area contributed by atoms with Gasteiger partial charge < -0.3 is 10.5 Å². The number of nitrogen functional groups attached to an aromatic ring is 1. The van der Waals surface area contributed by atoms with Gasteiger partial charge in [-0.1, -0.05) is 0 Å². The molecule has 0 saturated heterocycles. The molecule has 0 saturated carbocycles. The third-order valence-electron chi connectivity index (χ3n) is 2.50. The molecule has 17 heavy (non-hydrogen) atoms. The molecule has 2 rings (SSSR count). The third-order valence-corrected chi connectivity index (χ3v) is 3.36. The van der Waals surface area contributed by atoms with Crippen molar-refractivity contribution >= 4 is 22.8 Å². The van der Waals surface area contributed by atoms with Crippen LogP contribution in [0.5, 0.6) is 5.75 Å². The number of nitrogens with two attached hydrogens (primary N) is 1. The lowest BCUT2D eigenvalue weighted by Crippen LogP contribution is -2.04. The average molecular weight is 247 g/mol. The molecule has 0 atom stereocenters. The van der Waals surface area contributed by atoms with Crippen LogP contribution in [0.4, 0.5) is 5.69 Å². The van der Waals surface area contributed by atoms with Crippen molar-refractivity contribution in [3.8, 4) is 5.75 Å². The first kappa shape index (κ1) is 11.7. The van der Waals surface area contributed by atoms with Gasteiger partial charge in [-0.2, -0.15) is 0 Å². The second-order valence-corrected chi connectivity index (χ2v) is 4.84. The van der Waals surface area contributed by atoms with Gasteiger partial charge in [0.25, 0.3) is 0 Å². The fourth-order valence-electron chi connectivity index (χ4n) is 1.58. The van der Waals surface area contributed by atoms with Crippen molar-refractivity contribution in [2.75, 3.05) is 12.8 Å². The van der Waals surface area contributed by atoms with Crippen LogP contribution in [-0.2, 0) is 0 Å². The highest BCUT2D eigenvalue weighted by molar-refractivity contribution is 7.10. The highest BCUT2D eigenvalue weighted by atomic mass is 32.1. The maximum atomic E-state index is 12.2. The first-order valence-electron chi connectivity index (χ1n) is 5.15. The minimum atomic E-state index is -0.0641. The molecule has 0 aliphatic carbocycles. The van der Waals surface area contributed by atoms with Gasteiger partial charge in [0.05, 0.1) is 7.11 Å². The predicted molar refractivity (Wildman–Crippen MR) is 69.9 cm³/mol. The van der Waals surface area contributed by atoms with Crippen LogP contribution in [-0.4, -0.2) is 12.9 Å². The van der Waals surface area contributed by atoms with Gasteiger partial charge in [-0.05, 0) is 31.2 Å². The number of methoxy groups -OCH3 is 1. The molecular formula is C13H13NO2S. The molecular weight excluding hydrogens is 234 g/mol. The molecule has 0 amide bonds. The van der Waals surface area contributed by atoms with Crippen molar-refractivity contribution in [2.24, 2.45) is 0 Å². The minimum Gasteiger partial charge on any atom is -0.497 e. The summed E-state index contributed by atoms with van der Waals surface area (Å²) in [5.41, 5.74) is 7.45. The molecule has 1 aromatic heterocycles. The molecule has 2 N–H and O–H groups in total. The van der Waals surface area contributed by atoms with Crippen LogP contribution in [0.15, 0.2) is 29.6 Å². The first-order chi connectivity index (χ1) is 8.11. The summed E-state index contributed by atoms with van der Waals surface area (Å²) >= 11 is 1.55. The van der Waals surface area contributed by atoms with E-state index in [0.29, 0.717) is 22.6 Å². The Hall–Kier alpha value is -1.81. The van der Waals surface area contributed by atoms with E-state index in [1.54, 1.807) is 36.6 Å². The summed E-state index contributed by atoms with van der Waals surface area (Å²) in [6, 6.07) is 6.97. The SMILES string of the molecule is COc1ccc(N)c(C(=O)c2csc(C)c2)c1. The molecule has 1 heterocycles. The van der Waals surface area contributed by atoms with Crippen molar-refractivity contribution < 1.29 is 9.53 Å². The Labute approximate surface area is 104 Å². The highest BCUT2D eigenvalue weighted by Gasteiger charge is 2.14. The summed E-state index contributed by atoms with van der Waals surface area (Å²) in [7, 11) is 1.56. The van der Waals surface area contributed by atoms with Crippen LogP contribution >= 0.6 is 11.3 Å². The molecule has 4 heteroatoms. The lowest BCUT2D eigenvalue weighted by molar-refractivity contribution is 0.103. The van der Waals surface area contributed by atoms with Crippen LogP contribution in [0.2, 0.25) is 0 Å². The number of carbonyl (C=O) groups excluding carboxylic acids is 1. The van der Waals surface area contributed by atoms with E-state index in [2.05, 4.69) is 0 Å².